The zero-order valence-corrected chi connectivity index (χ0v) is 20.7. The van der Waals surface area contributed by atoms with E-state index in [1.807, 2.05) is 53.9 Å². The molecule has 1 atom stereocenters. The largest absolute Gasteiger partial charge is 0.496 e. The lowest BCUT2D eigenvalue weighted by Gasteiger charge is -2.23. The highest BCUT2D eigenvalue weighted by atomic mass is 32.1. The third kappa shape index (κ3) is 4.82. The van der Waals surface area contributed by atoms with Crippen LogP contribution in [0.3, 0.4) is 0 Å². The van der Waals surface area contributed by atoms with Gasteiger partial charge in [0.1, 0.15) is 18.4 Å². The molecule has 9 heteroatoms. The first-order valence-corrected chi connectivity index (χ1v) is 12.3. The molecule has 0 unspecified atom stereocenters. The van der Waals surface area contributed by atoms with Crippen molar-refractivity contribution in [3.05, 3.63) is 89.3 Å². The Morgan fingerprint density at radius 1 is 1.18 bits per heavy atom. The predicted molar refractivity (Wildman–Crippen MR) is 134 cm³/mol. The van der Waals surface area contributed by atoms with Crippen molar-refractivity contribution in [1.82, 2.24) is 4.57 Å². The summed E-state index contributed by atoms with van der Waals surface area (Å²) in [5.41, 5.74) is 1.60. The summed E-state index contributed by atoms with van der Waals surface area (Å²) in [6.07, 6.45) is 5.47. The van der Waals surface area contributed by atoms with Crippen LogP contribution >= 0.6 is 22.7 Å². The van der Waals surface area contributed by atoms with E-state index in [-0.39, 0.29) is 12.2 Å². The molecule has 0 saturated heterocycles. The van der Waals surface area contributed by atoms with Crippen LogP contribution in [0.25, 0.3) is 12.2 Å². The van der Waals surface area contributed by atoms with Gasteiger partial charge < -0.3 is 14.2 Å². The van der Waals surface area contributed by atoms with E-state index >= 15 is 0 Å². The van der Waals surface area contributed by atoms with E-state index in [4.69, 9.17) is 14.2 Å². The monoisotopic (exact) mass is 496 g/mol. The molecule has 1 aromatic carbocycles. The molecule has 0 spiro atoms. The lowest BCUT2D eigenvalue weighted by atomic mass is 10.0. The van der Waals surface area contributed by atoms with E-state index in [2.05, 4.69) is 4.99 Å². The summed E-state index contributed by atoms with van der Waals surface area (Å²) >= 11 is 2.77. The normalized spacial score (nSPS) is 16.0. The minimum atomic E-state index is -0.591. The van der Waals surface area contributed by atoms with E-state index in [0.29, 0.717) is 27.2 Å². The van der Waals surface area contributed by atoms with Gasteiger partial charge in [-0.05, 0) is 30.5 Å². The van der Waals surface area contributed by atoms with Crippen molar-refractivity contribution >= 4 is 40.8 Å². The van der Waals surface area contributed by atoms with Gasteiger partial charge in [0.25, 0.3) is 5.56 Å². The van der Waals surface area contributed by atoms with Crippen molar-refractivity contribution in [3.63, 3.8) is 0 Å². The first-order chi connectivity index (χ1) is 16.5. The number of benzene rings is 1. The fourth-order valence-electron chi connectivity index (χ4n) is 3.65. The summed E-state index contributed by atoms with van der Waals surface area (Å²) in [5.74, 6) is 0.251. The number of para-hydroxylation sites is 1. The van der Waals surface area contributed by atoms with Crippen LogP contribution in [-0.2, 0) is 14.3 Å². The molecule has 3 aromatic rings. The summed E-state index contributed by atoms with van der Waals surface area (Å²) in [5, 5.41) is 1.92. The Kier molecular flexibility index (Phi) is 7.56. The minimum absolute atomic E-state index is 0.126. The van der Waals surface area contributed by atoms with Crippen LogP contribution in [0.15, 0.2) is 68.9 Å². The summed E-state index contributed by atoms with van der Waals surface area (Å²) in [6, 6.07) is 10.9. The molecular weight excluding hydrogens is 472 g/mol. The second-order valence-corrected chi connectivity index (χ2v) is 9.34. The maximum absolute atomic E-state index is 13.5. The predicted octanol–water partition coefficient (Wildman–Crippen LogP) is 3.16. The lowest BCUT2D eigenvalue weighted by Crippen LogP contribution is -2.39. The van der Waals surface area contributed by atoms with Crippen molar-refractivity contribution in [2.24, 2.45) is 4.99 Å². The molecular formula is C25H24N2O5S2. The Labute approximate surface area is 204 Å². The average molecular weight is 497 g/mol. The van der Waals surface area contributed by atoms with Crippen LogP contribution in [0, 0.1) is 0 Å². The second kappa shape index (κ2) is 10.8. The van der Waals surface area contributed by atoms with Gasteiger partial charge in [-0.1, -0.05) is 47.8 Å². The van der Waals surface area contributed by atoms with E-state index in [9.17, 15) is 9.59 Å². The number of ether oxygens (including phenoxy) is 3. The van der Waals surface area contributed by atoms with E-state index in [1.54, 1.807) is 31.8 Å². The molecule has 0 fully saturated rings. The number of thiazole rings is 1. The Morgan fingerprint density at radius 2 is 2.00 bits per heavy atom. The summed E-state index contributed by atoms with van der Waals surface area (Å²) < 4.78 is 17.9. The molecule has 176 valence electrons. The van der Waals surface area contributed by atoms with Crippen molar-refractivity contribution < 1.29 is 19.0 Å². The van der Waals surface area contributed by atoms with Gasteiger partial charge in [-0.2, -0.15) is 0 Å². The number of nitrogens with zero attached hydrogens (tertiary/aromatic N) is 2. The molecule has 2 aromatic heterocycles. The molecule has 0 aliphatic carbocycles. The van der Waals surface area contributed by atoms with Gasteiger partial charge in [0.05, 0.1) is 29.5 Å². The molecule has 4 rings (SSSR count). The van der Waals surface area contributed by atoms with Gasteiger partial charge in [0.2, 0.25) is 0 Å². The van der Waals surface area contributed by atoms with Gasteiger partial charge in [-0.3, -0.25) is 9.36 Å². The maximum Gasteiger partial charge on any atom is 0.338 e. The Bertz CT molecular complexity index is 1410. The minimum Gasteiger partial charge on any atom is -0.496 e. The van der Waals surface area contributed by atoms with Gasteiger partial charge in [-0.25, -0.2) is 9.79 Å². The molecule has 0 bridgehead atoms. The summed E-state index contributed by atoms with van der Waals surface area (Å²) in [7, 11) is 3.16. The number of hydrogen-bond donors (Lipinski definition) is 0. The quantitative estimate of drug-likeness (QED) is 0.354. The summed E-state index contributed by atoms with van der Waals surface area (Å²) in [4.78, 5) is 32.4. The number of thiophene rings is 1. The average Bonchev–Trinajstić information content (AvgIpc) is 3.47. The standard InChI is InChI=1S/C25H24N2O5S2/c1-16-21(24(29)32-14-13-30-2)22(19-12-7-15-33-19)27-23(28)20(34-25(27)26-16)11-6-9-17-8-4-5-10-18(17)31-3/h4-12,15,22H,13-14H2,1-3H3/b9-6-,20-11?/t22-/m0/s1. The number of allylic oxidation sites excluding steroid dienone is 2. The van der Waals surface area contributed by atoms with Crippen molar-refractivity contribution in [2.75, 3.05) is 27.4 Å². The van der Waals surface area contributed by atoms with E-state index < -0.39 is 12.0 Å². The lowest BCUT2D eigenvalue weighted by molar-refractivity contribution is -0.140. The number of aromatic nitrogens is 1. The Hall–Kier alpha value is -3.27. The molecule has 34 heavy (non-hydrogen) atoms. The summed E-state index contributed by atoms with van der Waals surface area (Å²) in [6.45, 7) is 2.19. The van der Waals surface area contributed by atoms with Crippen LogP contribution in [0.2, 0.25) is 0 Å². The first-order valence-electron chi connectivity index (χ1n) is 10.6. The van der Waals surface area contributed by atoms with Crippen LogP contribution < -0.4 is 19.6 Å². The highest BCUT2D eigenvalue weighted by molar-refractivity contribution is 7.10. The van der Waals surface area contributed by atoms with Crippen LogP contribution in [0.1, 0.15) is 23.4 Å². The molecule has 0 N–H and O–H groups in total. The Morgan fingerprint density at radius 3 is 2.74 bits per heavy atom. The van der Waals surface area contributed by atoms with Crippen LogP contribution in [0.5, 0.6) is 5.75 Å². The number of rotatable bonds is 8. The third-order valence-corrected chi connectivity index (χ3v) is 7.16. The van der Waals surface area contributed by atoms with Crippen molar-refractivity contribution in [1.29, 1.82) is 0 Å². The molecule has 1 aliphatic heterocycles. The fourth-order valence-corrected chi connectivity index (χ4v) is 5.47. The molecule has 1 aliphatic rings. The number of fused-ring (bicyclic) bond motifs is 1. The van der Waals surface area contributed by atoms with E-state index in [1.165, 1.54) is 22.7 Å². The van der Waals surface area contributed by atoms with Gasteiger partial charge >= 0.3 is 5.97 Å². The van der Waals surface area contributed by atoms with Crippen LogP contribution in [0.4, 0.5) is 0 Å². The van der Waals surface area contributed by atoms with Gasteiger partial charge in [-0.15, -0.1) is 11.3 Å². The molecule has 7 nitrogen and oxygen atoms in total. The number of carbonyl (C=O) groups excluding carboxylic acids is 1. The third-order valence-electron chi connectivity index (χ3n) is 5.24. The van der Waals surface area contributed by atoms with Crippen molar-refractivity contribution in [2.45, 2.75) is 13.0 Å². The first kappa shape index (κ1) is 23.9. The number of esters is 1. The number of hydrogen-bond acceptors (Lipinski definition) is 8. The molecule has 0 saturated carbocycles. The maximum atomic E-state index is 13.5. The highest BCUT2D eigenvalue weighted by Crippen LogP contribution is 2.33. The SMILES string of the molecule is COCCOC(=O)C1=C(C)N=c2sc(=C/C=C\c3ccccc3OC)c(=O)n2[C@H]1c1cccs1. The Balaban J connectivity index is 1.76. The fraction of sp³-hybridized carbons (Fsp3) is 0.240. The molecule has 0 radical (unpaired) electrons. The number of carbonyl (C=O) groups is 1. The number of methoxy groups -OCH3 is 2. The van der Waals surface area contributed by atoms with Gasteiger partial charge in [0.15, 0.2) is 4.80 Å². The zero-order valence-electron chi connectivity index (χ0n) is 19.0. The second-order valence-electron chi connectivity index (χ2n) is 7.35. The van der Waals surface area contributed by atoms with Crippen molar-refractivity contribution in [3.8, 4) is 5.75 Å². The highest BCUT2D eigenvalue weighted by Gasteiger charge is 2.33. The smallest absolute Gasteiger partial charge is 0.338 e. The molecule has 0 amide bonds. The zero-order chi connectivity index (χ0) is 24.1. The van der Waals surface area contributed by atoms with Gasteiger partial charge in [0, 0.05) is 17.6 Å². The van der Waals surface area contributed by atoms with E-state index in [0.717, 1.165) is 16.2 Å². The molecule has 3 heterocycles. The topological polar surface area (TPSA) is 79.1 Å². The van der Waals surface area contributed by atoms with Crippen LogP contribution in [-0.4, -0.2) is 38.0 Å².